The quantitative estimate of drug-likeness (QED) is 0.359. The van der Waals surface area contributed by atoms with Crippen LogP contribution in [0.4, 0.5) is 5.69 Å². The third-order valence-electron chi connectivity index (χ3n) is 4.65. The number of aromatic carboxylic acids is 1. The lowest BCUT2D eigenvalue weighted by Crippen LogP contribution is -2.54. The second kappa shape index (κ2) is 8.17. The molecule has 0 bridgehead atoms. The highest BCUT2D eigenvalue weighted by Gasteiger charge is 2.34. The fourth-order valence-electron chi connectivity index (χ4n) is 3.14. The lowest BCUT2D eigenvalue weighted by molar-refractivity contribution is -0.122. The standard InChI is InChI=1S/C22H14ClN3O4S/c23-14-5-9-15(10-6-14)25-11-1-2-17(25)12-18-19(27)24-22(31)26(20(18)28)16-7-3-13(4-8-16)21(29)30/h1-12H,(H,29,30)(H,24,27,31)/b18-12+. The largest absolute Gasteiger partial charge is 0.478 e. The Hall–Kier alpha value is -3.75. The number of carbonyl (C=O) groups excluding carboxylic acids is 2. The molecule has 1 aliphatic rings. The van der Waals surface area contributed by atoms with E-state index in [0.29, 0.717) is 16.4 Å². The predicted molar refractivity (Wildman–Crippen MR) is 120 cm³/mol. The number of thiocarbonyl (C=S) groups is 1. The van der Waals surface area contributed by atoms with E-state index < -0.39 is 17.8 Å². The molecule has 2 aromatic carbocycles. The Morgan fingerprint density at radius 3 is 2.29 bits per heavy atom. The summed E-state index contributed by atoms with van der Waals surface area (Å²) in [6.07, 6.45) is 3.28. The molecule has 2 heterocycles. The van der Waals surface area contributed by atoms with Gasteiger partial charge in [-0.05, 0) is 79.0 Å². The van der Waals surface area contributed by atoms with Crippen LogP contribution in [-0.2, 0) is 9.59 Å². The lowest BCUT2D eigenvalue weighted by Gasteiger charge is -2.29. The summed E-state index contributed by atoms with van der Waals surface area (Å²) in [6.45, 7) is 0. The van der Waals surface area contributed by atoms with Crippen molar-refractivity contribution in [3.8, 4) is 5.69 Å². The minimum absolute atomic E-state index is 0.0692. The Morgan fingerprint density at radius 2 is 1.65 bits per heavy atom. The van der Waals surface area contributed by atoms with Gasteiger partial charge in [-0.1, -0.05) is 11.6 Å². The van der Waals surface area contributed by atoms with Crippen LogP contribution in [0.1, 0.15) is 16.1 Å². The van der Waals surface area contributed by atoms with Crippen LogP contribution in [0.5, 0.6) is 0 Å². The molecule has 2 amide bonds. The van der Waals surface area contributed by atoms with Crippen molar-refractivity contribution in [2.45, 2.75) is 0 Å². The number of aromatic nitrogens is 1. The molecule has 2 N–H and O–H groups in total. The van der Waals surface area contributed by atoms with Crippen LogP contribution in [0.2, 0.25) is 5.02 Å². The van der Waals surface area contributed by atoms with Crippen molar-refractivity contribution < 1.29 is 19.5 Å². The van der Waals surface area contributed by atoms with Gasteiger partial charge in [-0.3, -0.25) is 19.8 Å². The summed E-state index contributed by atoms with van der Waals surface area (Å²) in [5.41, 5.74) is 1.72. The molecule has 7 nitrogen and oxygen atoms in total. The van der Waals surface area contributed by atoms with Crippen molar-refractivity contribution in [2.75, 3.05) is 4.90 Å². The van der Waals surface area contributed by atoms with E-state index >= 15 is 0 Å². The van der Waals surface area contributed by atoms with E-state index in [4.69, 9.17) is 28.9 Å². The second-order valence-corrected chi connectivity index (χ2v) is 7.41. The van der Waals surface area contributed by atoms with Crippen LogP contribution in [0.25, 0.3) is 11.8 Å². The lowest BCUT2D eigenvalue weighted by atomic mass is 10.1. The van der Waals surface area contributed by atoms with Gasteiger partial charge in [0.1, 0.15) is 5.57 Å². The normalized spacial score (nSPS) is 15.3. The molecular formula is C22H14ClN3O4S. The van der Waals surface area contributed by atoms with Gasteiger partial charge in [-0.15, -0.1) is 0 Å². The van der Waals surface area contributed by atoms with Crippen LogP contribution in [0.15, 0.2) is 72.4 Å². The Balaban J connectivity index is 1.71. The van der Waals surface area contributed by atoms with Crippen molar-refractivity contribution in [3.05, 3.63) is 88.7 Å². The maximum absolute atomic E-state index is 13.2. The van der Waals surface area contributed by atoms with Crippen molar-refractivity contribution in [1.29, 1.82) is 0 Å². The number of carboxylic acid groups (broad SMARTS) is 1. The fourth-order valence-corrected chi connectivity index (χ4v) is 3.55. The summed E-state index contributed by atoms with van der Waals surface area (Å²) in [5.74, 6) is -2.31. The summed E-state index contributed by atoms with van der Waals surface area (Å²) in [5, 5.41) is 12.1. The predicted octanol–water partition coefficient (Wildman–Crippen LogP) is 3.66. The number of hydrogen-bond donors (Lipinski definition) is 2. The topological polar surface area (TPSA) is 91.6 Å². The second-order valence-electron chi connectivity index (χ2n) is 6.59. The molecule has 154 valence electrons. The molecular weight excluding hydrogens is 438 g/mol. The molecule has 1 fully saturated rings. The number of carbonyl (C=O) groups is 3. The molecule has 9 heteroatoms. The summed E-state index contributed by atoms with van der Waals surface area (Å²) < 4.78 is 1.81. The Kier molecular flexibility index (Phi) is 5.41. The monoisotopic (exact) mass is 451 g/mol. The summed E-state index contributed by atoms with van der Waals surface area (Å²) in [7, 11) is 0. The molecule has 0 unspecified atom stereocenters. The van der Waals surface area contributed by atoms with E-state index in [9.17, 15) is 14.4 Å². The number of rotatable bonds is 4. The first-order valence-electron chi connectivity index (χ1n) is 9.03. The van der Waals surface area contributed by atoms with Gasteiger partial charge in [-0.2, -0.15) is 0 Å². The fraction of sp³-hybridized carbons (Fsp3) is 0. The van der Waals surface area contributed by atoms with Gasteiger partial charge in [0, 0.05) is 22.6 Å². The van der Waals surface area contributed by atoms with Crippen molar-refractivity contribution in [1.82, 2.24) is 9.88 Å². The minimum atomic E-state index is -1.09. The van der Waals surface area contributed by atoms with Gasteiger partial charge in [0.05, 0.1) is 11.3 Å². The van der Waals surface area contributed by atoms with E-state index in [0.717, 1.165) is 10.6 Å². The van der Waals surface area contributed by atoms with Gasteiger partial charge in [-0.25, -0.2) is 4.79 Å². The molecule has 4 rings (SSSR count). The van der Waals surface area contributed by atoms with Gasteiger partial charge in [0.25, 0.3) is 11.8 Å². The van der Waals surface area contributed by atoms with Crippen molar-refractivity contribution >= 4 is 58.5 Å². The van der Waals surface area contributed by atoms with Crippen molar-refractivity contribution in [3.63, 3.8) is 0 Å². The van der Waals surface area contributed by atoms with E-state index in [1.54, 1.807) is 30.5 Å². The summed E-state index contributed by atoms with van der Waals surface area (Å²) in [6, 6.07) is 16.3. The molecule has 0 radical (unpaired) electrons. The molecule has 0 spiro atoms. The third kappa shape index (κ3) is 3.98. The van der Waals surface area contributed by atoms with E-state index in [2.05, 4.69) is 5.32 Å². The van der Waals surface area contributed by atoms with Gasteiger partial charge in [0.15, 0.2) is 5.11 Å². The van der Waals surface area contributed by atoms with Crippen LogP contribution in [-0.4, -0.2) is 32.6 Å². The molecule has 0 aliphatic carbocycles. The number of halogens is 1. The van der Waals surface area contributed by atoms with E-state index in [-0.39, 0.29) is 16.2 Å². The van der Waals surface area contributed by atoms with Crippen LogP contribution >= 0.6 is 23.8 Å². The molecule has 0 saturated carbocycles. The highest BCUT2D eigenvalue weighted by molar-refractivity contribution is 7.80. The smallest absolute Gasteiger partial charge is 0.335 e. The first kappa shape index (κ1) is 20.5. The number of amides is 2. The molecule has 1 aromatic heterocycles. The molecule has 31 heavy (non-hydrogen) atoms. The SMILES string of the molecule is O=C1NC(=S)N(c2ccc(C(=O)O)cc2)C(=O)/C1=C/c1cccn1-c1ccc(Cl)cc1. The number of anilines is 1. The van der Waals surface area contributed by atoms with Gasteiger partial charge >= 0.3 is 5.97 Å². The maximum Gasteiger partial charge on any atom is 0.335 e. The van der Waals surface area contributed by atoms with E-state index in [1.807, 2.05) is 16.7 Å². The Morgan fingerprint density at radius 1 is 1.00 bits per heavy atom. The highest BCUT2D eigenvalue weighted by atomic mass is 35.5. The van der Waals surface area contributed by atoms with Crippen LogP contribution in [0, 0.1) is 0 Å². The summed E-state index contributed by atoms with van der Waals surface area (Å²) >= 11 is 11.1. The zero-order valence-corrected chi connectivity index (χ0v) is 17.4. The number of nitrogens with zero attached hydrogens (tertiary/aromatic N) is 2. The number of carboxylic acids is 1. The minimum Gasteiger partial charge on any atom is -0.478 e. The molecule has 0 atom stereocenters. The first-order chi connectivity index (χ1) is 14.8. The first-order valence-corrected chi connectivity index (χ1v) is 9.82. The van der Waals surface area contributed by atoms with Crippen LogP contribution < -0.4 is 10.2 Å². The average molecular weight is 452 g/mol. The van der Waals surface area contributed by atoms with E-state index in [1.165, 1.54) is 30.3 Å². The molecule has 1 aliphatic heterocycles. The number of hydrogen-bond acceptors (Lipinski definition) is 4. The average Bonchev–Trinajstić information content (AvgIpc) is 3.20. The molecule has 1 saturated heterocycles. The van der Waals surface area contributed by atoms with Crippen LogP contribution in [0.3, 0.4) is 0 Å². The highest BCUT2D eigenvalue weighted by Crippen LogP contribution is 2.24. The number of nitrogens with one attached hydrogen (secondary N) is 1. The van der Waals surface area contributed by atoms with Gasteiger partial charge in [0.2, 0.25) is 0 Å². The third-order valence-corrected chi connectivity index (χ3v) is 5.19. The number of benzene rings is 2. The summed E-state index contributed by atoms with van der Waals surface area (Å²) in [4.78, 5) is 37.9. The van der Waals surface area contributed by atoms with Crippen molar-refractivity contribution in [2.24, 2.45) is 0 Å². The zero-order valence-electron chi connectivity index (χ0n) is 15.8. The maximum atomic E-state index is 13.2. The zero-order chi connectivity index (χ0) is 22.1. The molecule has 3 aromatic rings. The van der Waals surface area contributed by atoms with Gasteiger partial charge < -0.3 is 9.67 Å². The Bertz CT molecular complexity index is 1250. The Labute approximate surface area is 187 Å².